The molecular weight excluding hydrogens is 282 g/mol. The highest BCUT2D eigenvalue weighted by molar-refractivity contribution is 6.03. The zero-order chi connectivity index (χ0) is 15.5. The zero-order valence-electron chi connectivity index (χ0n) is 12.0. The first kappa shape index (κ1) is 14.1. The second-order valence-corrected chi connectivity index (χ2v) is 4.95. The van der Waals surface area contributed by atoms with Gasteiger partial charge in [-0.15, -0.1) is 0 Å². The van der Waals surface area contributed by atoms with E-state index in [4.69, 9.17) is 14.7 Å². The monoisotopic (exact) mass is 297 g/mol. The standard InChI is InChI=1S/C17H15NO4/c1-21-18-14-10-16(22-15-5-3-2-4-13(14)15)11-6-8-12(9-7-11)17(19)20/h2-9,16H,10H2,1H3,(H,19,20)/b18-14+. The van der Waals surface area contributed by atoms with Crippen molar-refractivity contribution in [1.82, 2.24) is 0 Å². The minimum atomic E-state index is -0.942. The zero-order valence-corrected chi connectivity index (χ0v) is 12.0. The number of benzene rings is 2. The maximum absolute atomic E-state index is 10.9. The Morgan fingerprint density at radius 3 is 2.64 bits per heavy atom. The molecule has 2 aromatic rings. The van der Waals surface area contributed by atoms with Crippen LogP contribution in [0.3, 0.4) is 0 Å². The fraction of sp³-hybridized carbons (Fsp3) is 0.176. The lowest BCUT2D eigenvalue weighted by atomic mass is 9.95. The summed E-state index contributed by atoms with van der Waals surface area (Å²) in [5.74, 6) is -0.194. The Hall–Kier alpha value is -2.82. The fourth-order valence-electron chi connectivity index (χ4n) is 2.51. The van der Waals surface area contributed by atoms with Crippen LogP contribution in [0.2, 0.25) is 0 Å². The number of aromatic carboxylic acids is 1. The first-order valence-corrected chi connectivity index (χ1v) is 6.88. The second-order valence-electron chi connectivity index (χ2n) is 4.95. The van der Waals surface area contributed by atoms with Crippen molar-refractivity contribution in [3.63, 3.8) is 0 Å². The number of ether oxygens (including phenoxy) is 1. The Balaban J connectivity index is 1.93. The third-order valence-electron chi connectivity index (χ3n) is 3.58. The molecule has 0 saturated carbocycles. The first-order valence-electron chi connectivity index (χ1n) is 6.88. The van der Waals surface area contributed by atoms with Crippen molar-refractivity contribution in [3.8, 4) is 5.75 Å². The predicted octanol–water partition coefficient (Wildman–Crippen LogP) is 3.26. The number of oxime groups is 1. The maximum Gasteiger partial charge on any atom is 0.335 e. The summed E-state index contributed by atoms with van der Waals surface area (Å²) in [6.07, 6.45) is 0.351. The number of nitrogens with zero attached hydrogens (tertiary/aromatic N) is 1. The van der Waals surface area contributed by atoms with Crippen LogP contribution >= 0.6 is 0 Å². The van der Waals surface area contributed by atoms with Gasteiger partial charge in [0.25, 0.3) is 0 Å². The van der Waals surface area contributed by atoms with Crippen molar-refractivity contribution in [1.29, 1.82) is 0 Å². The lowest BCUT2D eigenvalue weighted by Crippen LogP contribution is -2.21. The summed E-state index contributed by atoms with van der Waals surface area (Å²) in [6.45, 7) is 0. The molecule has 1 atom stereocenters. The molecule has 0 aliphatic carbocycles. The highest BCUT2D eigenvalue weighted by Crippen LogP contribution is 2.35. The molecule has 0 radical (unpaired) electrons. The van der Waals surface area contributed by atoms with Crippen LogP contribution in [0.15, 0.2) is 53.7 Å². The second kappa shape index (κ2) is 5.89. The summed E-state index contributed by atoms with van der Waals surface area (Å²) >= 11 is 0. The van der Waals surface area contributed by atoms with Gasteiger partial charge < -0.3 is 14.7 Å². The smallest absolute Gasteiger partial charge is 0.335 e. The van der Waals surface area contributed by atoms with Gasteiger partial charge in [-0.25, -0.2) is 4.79 Å². The molecule has 5 heteroatoms. The molecule has 0 spiro atoms. The number of carboxylic acid groups (broad SMARTS) is 1. The van der Waals surface area contributed by atoms with E-state index in [9.17, 15) is 4.79 Å². The van der Waals surface area contributed by atoms with E-state index in [2.05, 4.69) is 5.16 Å². The summed E-state index contributed by atoms with van der Waals surface area (Å²) in [7, 11) is 1.52. The molecule has 1 unspecified atom stereocenters. The minimum Gasteiger partial charge on any atom is -0.485 e. The van der Waals surface area contributed by atoms with Gasteiger partial charge in [0.1, 0.15) is 19.0 Å². The van der Waals surface area contributed by atoms with Crippen molar-refractivity contribution in [3.05, 3.63) is 65.2 Å². The molecule has 0 amide bonds. The summed E-state index contributed by atoms with van der Waals surface area (Å²) in [6, 6.07) is 14.4. The maximum atomic E-state index is 10.9. The van der Waals surface area contributed by atoms with E-state index in [1.807, 2.05) is 24.3 Å². The van der Waals surface area contributed by atoms with Gasteiger partial charge in [-0.2, -0.15) is 0 Å². The lowest BCUT2D eigenvalue weighted by Gasteiger charge is -2.27. The summed E-state index contributed by atoms with van der Waals surface area (Å²) in [5, 5.41) is 13.1. The summed E-state index contributed by atoms with van der Waals surface area (Å²) < 4.78 is 6.01. The molecule has 22 heavy (non-hydrogen) atoms. The predicted molar refractivity (Wildman–Crippen MR) is 81.4 cm³/mol. The molecule has 1 heterocycles. The van der Waals surface area contributed by atoms with Crippen molar-refractivity contribution in [2.24, 2.45) is 5.16 Å². The molecule has 1 aliphatic heterocycles. The van der Waals surface area contributed by atoms with Gasteiger partial charge in [-0.05, 0) is 29.8 Å². The molecule has 1 aliphatic rings. The van der Waals surface area contributed by atoms with E-state index in [1.165, 1.54) is 7.11 Å². The molecule has 0 bridgehead atoms. The van der Waals surface area contributed by atoms with Crippen molar-refractivity contribution < 1.29 is 19.5 Å². The van der Waals surface area contributed by atoms with Gasteiger partial charge in [-0.3, -0.25) is 0 Å². The van der Waals surface area contributed by atoms with Crippen molar-refractivity contribution >= 4 is 11.7 Å². The molecule has 0 aromatic heterocycles. The van der Waals surface area contributed by atoms with Crippen LogP contribution in [-0.2, 0) is 4.84 Å². The number of para-hydroxylation sites is 1. The van der Waals surface area contributed by atoms with Gasteiger partial charge in [0.15, 0.2) is 0 Å². The third kappa shape index (κ3) is 2.65. The Morgan fingerprint density at radius 1 is 1.23 bits per heavy atom. The van der Waals surface area contributed by atoms with Crippen LogP contribution in [-0.4, -0.2) is 23.9 Å². The van der Waals surface area contributed by atoms with Crippen molar-refractivity contribution in [2.75, 3.05) is 7.11 Å². The lowest BCUT2D eigenvalue weighted by molar-refractivity contribution is 0.0696. The highest BCUT2D eigenvalue weighted by Gasteiger charge is 2.26. The average molecular weight is 297 g/mol. The number of carbonyl (C=O) groups is 1. The fourth-order valence-corrected chi connectivity index (χ4v) is 2.51. The highest BCUT2D eigenvalue weighted by atomic mass is 16.6. The Bertz CT molecular complexity index is 722. The average Bonchev–Trinajstić information content (AvgIpc) is 2.55. The van der Waals surface area contributed by atoms with Crippen LogP contribution in [0, 0.1) is 0 Å². The van der Waals surface area contributed by atoms with Crippen LogP contribution < -0.4 is 4.74 Å². The van der Waals surface area contributed by atoms with Gasteiger partial charge in [0.2, 0.25) is 0 Å². The quantitative estimate of drug-likeness (QED) is 0.883. The Kier molecular flexibility index (Phi) is 3.78. The van der Waals surface area contributed by atoms with E-state index in [-0.39, 0.29) is 11.7 Å². The number of hydrogen-bond donors (Lipinski definition) is 1. The Morgan fingerprint density at radius 2 is 1.95 bits per heavy atom. The molecule has 2 aromatic carbocycles. The number of carboxylic acids is 1. The Labute approximate surface area is 127 Å². The topological polar surface area (TPSA) is 68.1 Å². The molecule has 5 nitrogen and oxygen atoms in total. The van der Waals surface area contributed by atoms with Gasteiger partial charge in [0, 0.05) is 12.0 Å². The van der Waals surface area contributed by atoms with Gasteiger partial charge in [-0.1, -0.05) is 29.4 Å². The molecular formula is C17H15NO4. The molecule has 112 valence electrons. The van der Waals surface area contributed by atoms with Crippen molar-refractivity contribution in [2.45, 2.75) is 12.5 Å². The van der Waals surface area contributed by atoms with Crippen LogP contribution in [0.5, 0.6) is 5.75 Å². The molecule has 1 N–H and O–H groups in total. The largest absolute Gasteiger partial charge is 0.485 e. The van der Waals surface area contributed by atoms with Gasteiger partial charge in [0.05, 0.1) is 11.3 Å². The normalized spacial score (nSPS) is 18.4. The summed E-state index contributed by atoms with van der Waals surface area (Å²) in [5.41, 5.74) is 2.90. The van der Waals surface area contributed by atoms with E-state index in [0.717, 1.165) is 22.6 Å². The minimum absolute atomic E-state index is 0.216. The van der Waals surface area contributed by atoms with Crippen LogP contribution in [0.1, 0.15) is 34.0 Å². The van der Waals surface area contributed by atoms with E-state index in [0.29, 0.717) is 6.42 Å². The third-order valence-corrected chi connectivity index (χ3v) is 3.58. The van der Waals surface area contributed by atoms with Gasteiger partial charge >= 0.3 is 5.97 Å². The number of fused-ring (bicyclic) bond motifs is 1. The molecule has 0 saturated heterocycles. The molecule has 3 rings (SSSR count). The summed E-state index contributed by atoms with van der Waals surface area (Å²) in [4.78, 5) is 15.9. The van der Waals surface area contributed by atoms with E-state index < -0.39 is 5.97 Å². The van der Waals surface area contributed by atoms with Crippen LogP contribution in [0.25, 0.3) is 0 Å². The SMILES string of the molecule is CO/N=C1\CC(c2ccc(C(=O)O)cc2)Oc2ccccc21. The number of hydrogen-bond acceptors (Lipinski definition) is 4. The van der Waals surface area contributed by atoms with E-state index >= 15 is 0 Å². The number of rotatable bonds is 3. The van der Waals surface area contributed by atoms with E-state index in [1.54, 1.807) is 24.3 Å². The molecule has 0 fully saturated rings. The first-order chi connectivity index (χ1) is 10.7. The van der Waals surface area contributed by atoms with Crippen LogP contribution in [0.4, 0.5) is 0 Å².